The third-order valence-corrected chi connectivity index (χ3v) is 4.60. The Bertz CT molecular complexity index is 624. The number of rotatable bonds is 6. The molecule has 1 unspecified atom stereocenters. The highest BCUT2D eigenvalue weighted by atomic mass is 35.5. The fourth-order valence-electron chi connectivity index (χ4n) is 3.09. The summed E-state index contributed by atoms with van der Waals surface area (Å²) >= 11 is 5.97. The van der Waals surface area contributed by atoms with E-state index in [4.69, 9.17) is 16.3 Å². The van der Waals surface area contributed by atoms with Gasteiger partial charge in [0.1, 0.15) is 5.75 Å². The molecule has 1 saturated heterocycles. The van der Waals surface area contributed by atoms with Crippen molar-refractivity contribution >= 4 is 29.1 Å². The number of methoxy groups -OCH3 is 1. The summed E-state index contributed by atoms with van der Waals surface area (Å²) in [5.74, 6) is 1.03. The highest BCUT2D eigenvalue weighted by Gasteiger charge is 2.24. The summed E-state index contributed by atoms with van der Waals surface area (Å²) < 4.78 is 5.22. The number of anilines is 1. The molecule has 0 aromatic heterocycles. The fourth-order valence-corrected chi connectivity index (χ4v) is 3.27. The van der Waals surface area contributed by atoms with E-state index in [0.29, 0.717) is 28.9 Å². The molecule has 6 nitrogen and oxygen atoms in total. The van der Waals surface area contributed by atoms with Crippen LogP contribution in [0.1, 0.15) is 19.8 Å². The minimum atomic E-state index is -0.183. The number of nitrogens with one attached hydrogen (secondary N) is 2. The predicted octanol–water partition coefficient (Wildman–Crippen LogP) is 1.06. The van der Waals surface area contributed by atoms with E-state index in [1.165, 1.54) is 13.5 Å². The van der Waals surface area contributed by atoms with Gasteiger partial charge in [0, 0.05) is 18.1 Å². The molecule has 1 aromatic rings. The van der Waals surface area contributed by atoms with Gasteiger partial charge in [-0.15, -0.1) is 0 Å². The average Bonchev–Trinajstić information content (AvgIpc) is 2.54. The number of likely N-dealkylation sites (tertiary alicyclic amines) is 1. The second-order valence-electron chi connectivity index (χ2n) is 6.79. The summed E-state index contributed by atoms with van der Waals surface area (Å²) in [5.41, 5.74) is 0.531. The van der Waals surface area contributed by atoms with Crippen LogP contribution in [0, 0.1) is 5.92 Å². The molecular formula is C18H27ClN3O3+. The van der Waals surface area contributed by atoms with E-state index >= 15 is 0 Å². The summed E-state index contributed by atoms with van der Waals surface area (Å²) in [4.78, 5) is 27.4. The van der Waals surface area contributed by atoms with Gasteiger partial charge < -0.3 is 19.9 Å². The Labute approximate surface area is 154 Å². The molecule has 0 radical (unpaired) electrons. The van der Waals surface area contributed by atoms with Gasteiger partial charge in [0.2, 0.25) is 0 Å². The Morgan fingerprint density at radius 2 is 2.16 bits per heavy atom. The number of halogens is 1. The standard InChI is InChI=1S/C18H26ClN3O3/c1-13-5-4-8-22(10-13)18(24)12-21(2)11-17(23)20-15-9-14(19)6-7-16(15)25-3/h6-7,9,13H,4-5,8,10-12H2,1-3H3,(H,20,23)/p+1/t13-/m0/s1. The fraction of sp³-hybridized carbons (Fsp3) is 0.556. The maximum Gasteiger partial charge on any atom is 0.279 e. The Morgan fingerprint density at radius 3 is 2.84 bits per heavy atom. The van der Waals surface area contributed by atoms with Crippen LogP contribution < -0.4 is 15.0 Å². The van der Waals surface area contributed by atoms with Gasteiger partial charge in [0.25, 0.3) is 11.8 Å². The first kappa shape index (κ1) is 19.5. The van der Waals surface area contributed by atoms with Crippen LogP contribution in [0.4, 0.5) is 5.69 Å². The summed E-state index contributed by atoms with van der Waals surface area (Å²) in [7, 11) is 3.38. The second kappa shape index (κ2) is 9.06. The molecule has 2 N–H and O–H groups in total. The van der Waals surface area contributed by atoms with Crippen LogP contribution in [0.5, 0.6) is 5.75 Å². The molecule has 0 spiro atoms. The van der Waals surface area contributed by atoms with E-state index in [1.807, 2.05) is 11.9 Å². The van der Waals surface area contributed by atoms with Crippen molar-refractivity contribution in [2.45, 2.75) is 19.8 Å². The van der Waals surface area contributed by atoms with Crippen LogP contribution in [0.25, 0.3) is 0 Å². The Kier molecular flexibility index (Phi) is 7.08. The molecule has 1 aromatic carbocycles. The number of benzene rings is 1. The van der Waals surface area contributed by atoms with Gasteiger partial charge in [-0.05, 0) is 37.0 Å². The van der Waals surface area contributed by atoms with Crippen LogP contribution in [0.3, 0.4) is 0 Å². The number of quaternary nitrogens is 1. The third kappa shape index (κ3) is 5.90. The van der Waals surface area contributed by atoms with Crippen LogP contribution in [-0.2, 0) is 9.59 Å². The zero-order valence-corrected chi connectivity index (χ0v) is 15.9. The molecule has 2 amide bonds. The number of piperidine rings is 1. The number of hydrogen-bond acceptors (Lipinski definition) is 3. The van der Waals surface area contributed by atoms with E-state index in [1.54, 1.807) is 18.2 Å². The van der Waals surface area contributed by atoms with Crippen molar-refractivity contribution in [2.75, 3.05) is 45.7 Å². The molecule has 1 aliphatic rings. The lowest BCUT2D eigenvalue weighted by Gasteiger charge is -2.31. The zero-order chi connectivity index (χ0) is 18.4. The Balaban J connectivity index is 1.85. The molecule has 138 valence electrons. The van der Waals surface area contributed by atoms with E-state index in [2.05, 4.69) is 12.2 Å². The zero-order valence-electron chi connectivity index (χ0n) is 15.1. The summed E-state index contributed by atoms with van der Waals surface area (Å²) in [6.45, 7) is 4.32. The first-order valence-corrected chi connectivity index (χ1v) is 8.99. The largest absolute Gasteiger partial charge is 0.495 e. The molecule has 0 aliphatic carbocycles. The molecule has 1 heterocycles. The van der Waals surface area contributed by atoms with Gasteiger partial charge in [-0.2, -0.15) is 0 Å². The molecule has 7 heteroatoms. The van der Waals surface area contributed by atoms with Crippen LogP contribution >= 0.6 is 11.6 Å². The summed E-state index contributed by atoms with van der Waals surface area (Å²) in [5, 5.41) is 3.32. The number of ether oxygens (including phenoxy) is 1. The van der Waals surface area contributed by atoms with Gasteiger partial charge in [-0.1, -0.05) is 18.5 Å². The van der Waals surface area contributed by atoms with Crippen molar-refractivity contribution in [3.8, 4) is 5.75 Å². The molecule has 0 bridgehead atoms. The van der Waals surface area contributed by atoms with Crippen molar-refractivity contribution in [2.24, 2.45) is 5.92 Å². The van der Waals surface area contributed by atoms with Crippen LogP contribution in [-0.4, -0.2) is 57.1 Å². The number of carbonyl (C=O) groups is 2. The van der Waals surface area contributed by atoms with E-state index < -0.39 is 0 Å². The highest BCUT2D eigenvalue weighted by Crippen LogP contribution is 2.27. The SMILES string of the molecule is COc1ccc(Cl)cc1NC(=O)C[NH+](C)CC(=O)N1CCC[C@H](C)C1. The average molecular weight is 369 g/mol. The van der Waals surface area contributed by atoms with Gasteiger partial charge in [0.15, 0.2) is 13.1 Å². The smallest absolute Gasteiger partial charge is 0.279 e. The number of nitrogens with zero attached hydrogens (tertiary/aromatic N) is 1. The molecule has 2 atom stereocenters. The van der Waals surface area contributed by atoms with E-state index in [-0.39, 0.29) is 18.4 Å². The normalized spacial score (nSPS) is 18.6. The van der Waals surface area contributed by atoms with Gasteiger partial charge >= 0.3 is 0 Å². The second-order valence-corrected chi connectivity index (χ2v) is 7.23. The number of carbonyl (C=O) groups excluding carboxylic acids is 2. The summed E-state index contributed by atoms with van der Waals surface area (Å²) in [6, 6.07) is 5.05. The molecule has 1 fully saturated rings. The predicted molar refractivity (Wildman–Crippen MR) is 98.2 cm³/mol. The third-order valence-electron chi connectivity index (χ3n) is 4.36. The first-order valence-electron chi connectivity index (χ1n) is 8.61. The molecular weight excluding hydrogens is 342 g/mol. The Morgan fingerprint density at radius 1 is 1.40 bits per heavy atom. The van der Waals surface area contributed by atoms with Crippen molar-refractivity contribution < 1.29 is 19.2 Å². The van der Waals surface area contributed by atoms with Gasteiger partial charge in [-0.3, -0.25) is 9.59 Å². The van der Waals surface area contributed by atoms with Crippen LogP contribution in [0.15, 0.2) is 18.2 Å². The lowest BCUT2D eigenvalue weighted by molar-refractivity contribution is -0.862. The topological polar surface area (TPSA) is 63.1 Å². The minimum Gasteiger partial charge on any atom is -0.495 e. The van der Waals surface area contributed by atoms with Gasteiger partial charge in [-0.25, -0.2) is 0 Å². The molecule has 1 aliphatic heterocycles. The monoisotopic (exact) mass is 368 g/mol. The molecule has 0 saturated carbocycles. The van der Waals surface area contributed by atoms with Crippen molar-refractivity contribution in [1.82, 2.24) is 4.90 Å². The molecule has 2 rings (SSSR count). The van der Waals surface area contributed by atoms with Crippen molar-refractivity contribution in [3.63, 3.8) is 0 Å². The quantitative estimate of drug-likeness (QED) is 0.789. The minimum absolute atomic E-state index is 0.109. The molecule has 25 heavy (non-hydrogen) atoms. The maximum atomic E-state index is 12.4. The lowest BCUT2D eigenvalue weighted by atomic mass is 10.0. The van der Waals surface area contributed by atoms with Crippen molar-refractivity contribution in [1.29, 1.82) is 0 Å². The van der Waals surface area contributed by atoms with E-state index in [0.717, 1.165) is 24.4 Å². The van der Waals surface area contributed by atoms with Crippen molar-refractivity contribution in [3.05, 3.63) is 23.2 Å². The lowest BCUT2D eigenvalue weighted by Crippen LogP contribution is -3.11. The Hall–Kier alpha value is -1.79. The summed E-state index contributed by atoms with van der Waals surface area (Å²) in [6.07, 6.45) is 2.23. The highest BCUT2D eigenvalue weighted by molar-refractivity contribution is 6.31. The number of likely N-dealkylation sites (N-methyl/N-ethyl adjacent to an activating group) is 1. The number of amides is 2. The number of hydrogen-bond donors (Lipinski definition) is 2. The maximum absolute atomic E-state index is 12.4. The van der Waals surface area contributed by atoms with E-state index in [9.17, 15) is 9.59 Å². The van der Waals surface area contributed by atoms with Gasteiger partial charge in [0.05, 0.1) is 19.8 Å². The van der Waals surface area contributed by atoms with Crippen LogP contribution in [0.2, 0.25) is 5.02 Å². The first-order chi connectivity index (χ1) is 11.9.